The van der Waals surface area contributed by atoms with Gasteiger partial charge in [0.15, 0.2) is 0 Å². The molecule has 0 fully saturated rings. The predicted octanol–water partition coefficient (Wildman–Crippen LogP) is 3.35. The summed E-state index contributed by atoms with van der Waals surface area (Å²) < 4.78 is 0. The number of benzene rings is 1. The minimum atomic E-state index is -0.381. The Kier molecular flexibility index (Phi) is 9.99. The van der Waals surface area contributed by atoms with Gasteiger partial charge in [-0.15, -0.1) is 0 Å². The highest BCUT2D eigenvalue weighted by molar-refractivity contribution is 6.21. The highest BCUT2D eigenvalue weighted by atomic mass is 16.2. The van der Waals surface area contributed by atoms with Crippen molar-refractivity contribution >= 4 is 29.5 Å². The van der Waals surface area contributed by atoms with E-state index < -0.39 is 0 Å². The van der Waals surface area contributed by atoms with Crippen molar-refractivity contribution in [2.45, 2.75) is 47.5 Å². The summed E-state index contributed by atoms with van der Waals surface area (Å²) in [7, 11) is 0. The van der Waals surface area contributed by atoms with Gasteiger partial charge in [-0.05, 0) is 48.4 Å². The normalized spacial score (nSPS) is 10.5. The average Bonchev–Trinajstić information content (AvgIpc) is 2.59. The number of amides is 3. The maximum atomic E-state index is 12.6. The molecule has 1 aromatic carbocycles. The van der Waals surface area contributed by atoms with Gasteiger partial charge in [-0.25, -0.2) is 0 Å². The number of nitrogens with one attached hydrogen (secondary N) is 3. The van der Waals surface area contributed by atoms with Crippen LogP contribution in [0.4, 0.5) is 5.69 Å². The largest absolute Gasteiger partial charge is 0.352 e. The van der Waals surface area contributed by atoms with E-state index in [2.05, 4.69) is 43.6 Å². The number of carbonyl (C=O) groups excluding carboxylic acids is 3. The lowest BCUT2D eigenvalue weighted by Crippen LogP contribution is -2.36. The van der Waals surface area contributed by atoms with Crippen LogP contribution in [0.5, 0.6) is 0 Å². The second kappa shape index (κ2) is 12.0. The van der Waals surface area contributed by atoms with Gasteiger partial charge in [0.2, 0.25) is 5.91 Å². The van der Waals surface area contributed by atoms with Crippen LogP contribution in [0.3, 0.4) is 0 Å². The third-order valence-corrected chi connectivity index (χ3v) is 4.05. The number of anilines is 1. The zero-order chi connectivity index (χ0) is 21.1. The topological polar surface area (TPSA) is 87.3 Å². The van der Waals surface area contributed by atoms with Crippen molar-refractivity contribution in [1.29, 1.82) is 0 Å². The Labute approximate surface area is 168 Å². The van der Waals surface area contributed by atoms with Gasteiger partial charge in [-0.3, -0.25) is 14.4 Å². The van der Waals surface area contributed by atoms with E-state index >= 15 is 0 Å². The molecule has 0 aliphatic heterocycles. The number of rotatable bonds is 10. The summed E-state index contributed by atoms with van der Waals surface area (Å²) in [6.07, 6.45) is 3.27. The number of carbonyl (C=O) groups is 3. The molecule has 0 aromatic heterocycles. The monoisotopic (exact) mass is 387 g/mol. The van der Waals surface area contributed by atoms with Crippen LogP contribution in [0.25, 0.3) is 6.08 Å². The molecule has 0 radical (unpaired) electrons. The molecule has 3 N–H and O–H groups in total. The van der Waals surface area contributed by atoms with Gasteiger partial charge >= 0.3 is 0 Å². The van der Waals surface area contributed by atoms with Gasteiger partial charge < -0.3 is 16.0 Å². The molecular formula is C22H33N3O3. The minimum Gasteiger partial charge on any atom is -0.352 e. The van der Waals surface area contributed by atoms with Crippen LogP contribution in [0.1, 0.15) is 53.0 Å². The molecule has 0 aliphatic rings. The highest BCUT2D eigenvalue weighted by Crippen LogP contribution is 2.13. The summed E-state index contributed by atoms with van der Waals surface area (Å²) in [4.78, 5) is 36.3. The summed E-state index contributed by atoms with van der Waals surface area (Å²) in [5, 5.41) is 8.34. The second-order valence-electron chi connectivity index (χ2n) is 7.74. The SMILES string of the molecule is CC(=O)Nc1ccc(C=C(C(=O)NCCC(C)C)C(=O)NCCC(C)C)cc1. The van der Waals surface area contributed by atoms with Gasteiger partial charge in [-0.2, -0.15) is 0 Å². The number of hydrogen-bond donors (Lipinski definition) is 3. The summed E-state index contributed by atoms with van der Waals surface area (Å²) >= 11 is 0. The average molecular weight is 388 g/mol. The predicted molar refractivity (Wildman–Crippen MR) is 114 cm³/mol. The summed E-state index contributed by atoms with van der Waals surface area (Å²) in [6, 6.07) is 6.98. The lowest BCUT2D eigenvalue weighted by molar-refractivity contribution is -0.123. The molecule has 3 amide bonds. The quantitative estimate of drug-likeness (QED) is 0.327. The third-order valence-electron chi connectivity index (χ3n) is 4.05. The smallest absolute Gasteiger partial charge is 0.256 e. The molecule has 0 unspecified atom stereocenters. The first-order valence-corrected chi connectivity index (χ1v) is 9.84. The van der Waals surface area contributed by atoms with Gasteiger partial charge in [0.05, 0.1) is 0 Å². The summed E-state index contributed by atoms with van der Waals surface area (Å²) in [5.41, 5.74) is 1.45. The van der Waals surface area contributed by atoms with Crippen LogP contribution in [0.2, 0.25) is 0 Å². The summed E-state index contributed by atoms with van der Waals surface area (Å²) in [5.74, 6) is 0.0168. The fourth-order valence-electron chi connectivity index (χ4n) is 2.41. The Bertz CT molecular complexity index is 663. The molecule has 6 heteroatoms. The van der Waals surface area contributed by atoms with Crippen LogP contribution in [-0.2, 0) is 14.4 Å². The fraction of sp³-hybridized carbons (Fsp3) is 0.500. The van der Waals surface area contributed by atoms with Crippen molar-refractivity contribution in [2.24, 2.45) is 11.8 Å². The van der Waals surface area contributed by atoms with E-state index in [4.69, 9.17) is 0 Å². The van der Waals surface area contributed by atoms with E-state index in [1.54, 1.807) is 30.3 Å². The van der Waals surface area contributed by atoms with Crippen molar-refractivity contribution in [1.82, 2.24) is 10.6 Å². The zero-order valence-corrected chi connectivity index (χ0v) is 17.6. The van der Waals surface area contributed by atoms with E-state index in [0.717, 1.165) is 12.8 Å². The lowest BCUT2D eigenvalue weighted by atomic mass is 10.1. The van der Waals surface area contributed by atoms with Gasteiger partial charge in [-0.1, -0.05) is 39.8 Å². The van der Waals surface area contributed by atoms with Gasteiger partial charge in [0, 0.05) is 25.7 Å². The Morgan fingerprint density at radius 1 is 0.857 bits per heavy atom. The lowest BCUT2D eigenvalue weighted by Gasteiger charge is -2.12. The molecule has 1 rings (SSSR count). The summed E-state index contributed by atoms with van der Waals surface area (Å²) in [6.45, 7) is 10.8. The van der Waals surface area contributed by atoms with Gasteiger partial charge in [0.25, 0.3) is 11.8 Å². The minimum absolute atomic E-state index is 0.0831. The molecule has 0 aliphatic carbocycles. The first-order valence-electron chi connectivity index (χ1n) is 9.84. The molecule has 0 saturated heterocycles. The van der Waals surface area contributed by atoms with Crippen molar-refractivity contribution in [3.63, 3.8) is 0 Å². The molecular weight excluding hydrogens is 354 g/mol. The van der Waals surface area contributed by atoms with E-state index in [9.17, 15) is 14.4 Å². The Balaban J connectivity index is 2.94. The van der Waals surface area contributed by atoms with E-state index in [0.29, 0.717) is 36.2 Å². The number of hydrogen-bond acceptors (Lipinski definition) is 3. The molecule has 28 heavy (non-hydrogen) atoms. The molecule has 154 valence electrons. The van der Waals surface area contributed by atoms with E-state index in [-0.39, 0.29) is 23.3 Å². The molecule has 0 bridgehead atoms. The molecule has 0 saturated carbocycles. The third kappa shape index (κ3) is 9.35. The van der Waals surface area contributed by atoms with E-state index in [1.165, 1.54) is 6.92 Å². The van der Waals surface area contributed by atoms with Crippen molar-refractivity contribution in [2.75, 3.05) is 18.4 Å². The molecule has 6 nitrogen and oxygen atoms in total. The van der Waals surface area contributed by atoms with Crippen LogP contribution in [-0.4, -0.2) is 30.8 Å². The second-order valence-corrected chi connectivity index (χ2v) is 7.74. The Morgan fingerprint density at radius 3 is 1.71 bits per heavy atom. The molecule has 0 spiro atoms. The molecule has 0 heterocycles. The van der Waals surface area contributed by atoms with Crippen LogP contribution >= 0.6 is 0 Å². The van der Waals surface area contributed by atoms with Gasteiger partial charge in [0.1, 0.15) is 5.57 Å². The molecule has 1 aromatic rings. The van der Waals surface area contributed by atoms with Crippen molar-refractivity contribution in [3.05, 3.63) is 35.4 Å². The van der Waals surface area contributed by atoms with Crippen LogP contribution < -0.4 is 16.0 Å². The highest BCUT2D eigenvalue weighted by Gasteiger charge is 2.18. The standard InChI is InChI=1S/C22H33N3O3/c1-15(2)10-12-23-21(27)20(22(28)24-13-11-16(3)4)14-18-6-8-19(9-7-18)25-17(5)26/h6-9,14-16H,10-13H2,1-5H3,(H,23,27)(H,24,28)(H,25,26). The first kappa shape index (κ1) is 23.4. The van der Waals surface area contributed by atoms with Crippen LogP contribution in [0, 0.1) is 11.8 Å². The maximum absolute atomic E-state index is 12.6. The maximum Gasteiger partial charge on any atom is 0.256 e. The Morgan fingerprint density at radius 2 is 1.32 bits per heavy atom. The zero-order valence-electron chi connectivity index (χ0n) is 17.6. The molecule has 0 atom stereocenters. The Hall–Kier alpha value is -2.63. The van der Waals surface area contributed by atoms with Crippen molar-refractivity contribution < 1.29 is 14.4 Å². The first-order chi connectivity index (χ1) is 13.2. The van der Waals surface area contributed by atoms with E-state index in [1.807, 2.05) is 0 Å². The van der Waals surface area contributed by atoms with Crippen LogP contribution in [0.15, 0.2) is 29.8 Å². The van der Waals surface area contributed by atoms with Crippen molar-refractivity contribution in [3.8, 4) is 0 Å². The fourth-order valence-corrected chi connectivity index (χ4v) is 2.41.